The molecular weight excluding hydrogens is 264 g/mol. The van der Waals surface area contributed by atoms with Crippen LogP contribution in [0.15, 0.2) is 35.5 Å². The van der Waals surface area contributed by atoms with Crippen LogP contribution < -0.4 is 5.32 Å². The summed E-state index contributed by atoms with van der Waals surface area (Å²) >= 11 is 0. The highest BCUT2D eigenvalue weighted by molar-refractivity contribution is 5.71. The molecule has 1 amide bonds. The predicted molar refractivity (Wildman–Crippen MR) is 70.2 cm³/mol. The van der Waals surface area contributed by atoms with Crippen molar-refractivity contribution in [3.8, 4) is 0 Å². The summed E-state index contributed by atoms with van der Waals surface area (Å²) in [7, 11) is 0. The maximum atomic E-state index is 13.4. The van der Waals surface area contributed by atoms with Gasteiger partial charge in [0, 0.05) is 17.4 Å². The lowest BCUT2D eigenvalue weighted by atomic mass is 10.2. The summed E-state index contributed by atoms with van der Waals surface area (Å²) in [6, 6.07) is -0.0489. The Kier molecular flexibility index (Phi) is 2.62. The molecule has 0 aliphatic heterocycles. The van der Waals surface area contributed by atoms with E-state index in [1.807, 2.05) is 0 Å². The van der Waals surface area contributed by atoms with E-state index in [9.17, 15) is 13.6 Å². The first kappa shape index (κ1) is 13.3. The number of alkyl carbamates (subject to hydrolysis) is 1. The molecule has 2 fully saturated rings. The Morgan fingerprint density at radius 3 is 2.70 bits per heavy atom. The average Bonchev–Trinajstić information content (AvgIpc) is 3.13. The van der Waals surface area contributed by atoms with Crippen LogP contribution in [0.2, 0.25) is 0 Å². The monoisotopic (exact) mass is 281 g/mol. The molecule has 3 rings (SSSR count). The highest BCUT2D eigenvalue weighted by atomic mass is 19.2. The summed E-state index contributed by atoms with van der Waals surface area (Å²) in [5.74, 6) is -1.76. The minimum atomic E-state index is -0.836. The van der Waals surface area contributed by atoms with Crippen molar-refractivity contribution in [2.24, 2.45) is 11.3 Å². The smallest absolute Gasteiger partial charge is 0.407 e. The van der Waals surface area contributed by atoms with Crippen LogP contribution in [0.4, 0.5) is 13.6 Å². The first-order valence-electron chi connectivity index (χ1n) is 6.69. The molecular formula is C15H17F2NO2. The maximum Gasteiger partial charge on any atom is 0.407 e. The van der Waals surface area contributed by atoms with Crippen molar-refractivity contribution < 1.29 is 18.3 Å². The molecule has 2 saturated carbocycles. The number of carbonyl (C=O) groups is 1. The fraction of sp³-hybridized carbons (Fsp3) is 0.533. The average molecular weight is 281 g/mol. The SMILES string of the molecule is CC(C)(C)OC(=O)N[C@@H]1CC12C1=CC=C(F)C(F)=CC12. The van der Waals surface area contributed by atoms with E-state index < -0.39 is 23.3 Å². The molecule has 20 heavy (non-hydrogen) atoms. The van der Waals surface area contributed by atoms with E-state index in [0.29, 0.717) is 0 Å². The summed E-state index contributed by atoms with van der Waals surface area (Å²) in [5, 5.41) is 2.80. The van der Waals surface area contributed by atoms with Gasteiger partial charge in [-0.1, -0.05) is 11.6 Å². The minimum absolute atomic E-state index is 0.0489. The van der Waals surface area contributed by atoms with Crippen LogP contribution in [-0.4, -0.2) is 17.7 Å². The van der Waals surface area contributed by atoms with E-state index in [0.717, 1.165) is 18.1 Å². The van der Waals surface area contributed by atoms with E-state index in [-0.39, 0.29) is 17.4 Å². The lowest BCUT2D eigenvalue weighted by molar-refractivity contribution is 0.0520. The van der Waals surface area contributed by atoms with Crippen LogP contribution in [0.3, 0.4) is 0 Å². The van der Waals surface area contributed by atoms with Gasteiger partial charge in [0.1, 0.15) is 5.60 Å². The largest absolute Gasteiger partial charge is 0.444 e. The number of amides is 1. The molecule has 0 heterocycles. The van der Waals surface area contributed by atoms with Crippen molar-refractivity contribution >= 4 is 6.09 Å². The van der Waals surface area contributed by atoms with E-state index in [1.54, 1.807) is 26.8 Å². The van der Waals surface area contributed by atoms with Gasteiger partial charge in [-0.2, -0.15) is 0 Å². The summed E-state index contributed by atoms with van der Waals surface area (Å²) in [4.78, 5) is 11.7. The van der Waals surface area contributed by atoms with Gasteiger partial charge in [-0.3, -0.25) is 0 Å². The highest BCUT2D eigenvalue weighted by Crippen LogP contribution is 2.75. The van der Waals surface area contributed by atoms with Gasteiger partial charge in [-0.05, 0) is 39.3 Å². The Bertz CT molecular complexity index is 571. The molecule has 3 atom stereocenters. The number of fused-ring (bicyclic) bond motifs is 3. The van der Waals surface area contributed by atoms with Crippen molar-refractivity contribution in [3.63, 3.8) is 0 Å². The number of hydrogen-bond donors (Lipinski definition) is 1. The normalized spacial score (nSPS) is 34.4. The first-order valence-corrected chi connectivity index (χ1v) is 6.69. The van der Waals surface area contributed by atoms with Crippen LogP contribution in [0.25, 0.3) is 0 Å². The Balaban J connectivity index is 1.65. The van der Waals surface area contributed by atoms with E-state index in [1.165, 1.54) is 6.08 Å². The Labute approximate surface area is 116 Å². The summed E-state index contributed by atoms with van der Waals surface area (Å²) in [6.45, 7) is 5.39. The molecule has 3 nitrogen and oxygen atoms in total. The Hall–Kier alpha value is -1.65. The summed E-state index contributed by atoms with van der Waals surface area (Å²) < 4.78 is 31.6. The molecule has 1 N–H and O–H groups in total. The van der Waals surface area contributed by atoms with Gasteiger partial charge >= 0.3 is 6.09 Å². The van der Waals surface area contributed by atoms with Gasteiger partial charge in [0.05, 0.1) is 0 Å². The summed E-state index contributed by atoms with van der Waals surface area (Å²) in [6.07, 6.45) is 4.37. The molecule has 5 heteroatoms. The lowest BCUT2D eigenvalue weighted by Gasteiger charge is -2.19. The first-order chi connectivity index (χ1) is 9.24. The quantitative estimate of drug-likeness (QED) is 0.798. The second-order valence-corrected chi connectivity index (χ2v) is 6.57. The van der Waals surface area contributed by atoms with Gasteiger partial charge in [0.25, 0.3) is 0 Å². The zero-order valence-electron chi connectivity index (χ0n) is 11.7. The zero-order valence-corrected chi connectivity index (χ0v) is 11.7. The highest BCUT2D eigenvalue weighted by Gasteiger charge is 2.74. The van der Waals surface area contributed by atoms with Gasteiger partial charge in [-0.25, -0.2) is 13.6 Å². The van der Waals surface area contributed by atoms with Crippen LogP contribution in [0, 0.1) is 11.3 Å². The van der Waals surface area contributed by atoms with Crippen molar-refractivity contribution in [2.75, 3.05) is 0 Å². The number of carbonyl (C=O) groups excluding carboxylic acids is 1. The zero-order chi connectivity index (χ0) is 14.7. The Morgan fingerprint density at radius 1 is 1.35 bits per heavy atom. The van der Waals surface area contributed by atoms with Crippen molar-refractivity contribution in [2.45, 2.75) is 38.8 Å². The number of nitrogens with one attached hydrogen (secondary N) is 1. The lowest BCUT2D eigenvalue weighted by Crippen LogP contribution is -2.34. The molecule has 0 bridgehead atoms. The fourth-order valence-corrected chi connectivity index (χ4v) is 2.98. The molecule has 0 aromatic rings. The van der Waals surface area contributed by atoms with Crippen LogP contribution >= 0.6 is 0 Å². The van der Waals surface area contributed by atoms with Crippen LogP contribution in [0.1, 0.15) is 27.2 Å². The number of ether oxygens (including phenoxy) is 1. The second kappa shape index (κ2) is 3.93. The Morgan fingerprint density at radius 2 is 2.05 bits per heavy atom. The number of allylic oxidation sites excluding steroid dienone is 5. The van der Waals surface area contributed by atoms with E-state index in [4.69, 9.17) is 4.74 Å². The standard InChI is InChI=1S/C15H17F2NO2/c1-14(2,3)20-13(19)18-12-7-15(12)8-4-5-10(16)11(17)6-9(8)15/h4-6,9,12H,7H2,1-3H3,(H,18,19)/t9?,12-,15?/m1/s1. The molecule has 2 unspecified atom stereocenters. The third kappa shape index (κ3) is 2.05. The number of halogens is 2. The van der Waals surface area contributed by atoms with Gasteiger partial charge in [0.15, 0.2) is 11.7 Å². The van der Waals surface area contributed by atoms with E-state index >= 15 is 0 Å². The van der Waals surface area contributed by atoms with Crippen LogP contribution in [0.5, 0.6) is 0 Å². The topological polar surface area (TPSA) is 38.3 Å². The maximum absolute atomic E-state index is 13.4. The predicted octanol–water partition coefficient (Wildman–Crippen LogP) is 3.55. The molecule has 0 aromatic carbocycles. The summed E-state index contributed by atoms with van der Waals surface area (Å²) in [5.41, 5.74) is 0.240. The molecule has 0 radical (unpaired) electrons. The fourth-order valence-electron chi connectivity index (χ4n) is 2.98. The molecule has 0 aromatic heterocycles. The third-order valence-corrected chi connectivity index (χ3v) is 3.99. The van der Waals surface area contributed by atoms with Crippen molar-refractivity contribution in [1.82, 2.24) is 5.32 Å². The third-order valence-electron chi connectivity index (χ3n) is 3.99. The van der Waals surface area contributed by atoms with Gasteiger partial charge < -0.3 is 10.1 Å². The molecule has 0 saturated heterocycles. The van der Waals surface area contributed by atoms with Crippen molar-refractivity contribution in [1.29, 1.82) is 0 Å². The van der Waals surface area contributed by atoms with Gasteiger partial charge in [-0.15, -0.1) is 0 Å². The van der Waals surface area contributed by atoms with Crippen molar-refractivity contribution in [3.05, 3.63) is 35.5 Å². The van der Waals surface area contributed by atoms with E-state index in [2.05, 4.69) is 5.32 Å². The number of hydrogen-bond acceptors (Lipinski definition) is 2. The molecule has 108 valence electrons. The molecule has 3 aliphatic rings. The minimum Gasteiger partial charge on any atom is -0.444 e. The molecule has 3 aliphatic carbocycles. The van der Waals surface area contributed by atoms with Gasteiger partial charge in [0.2, 0.25) is 0 Å². The number of rotatable bonds is 1. The molecule has 1 spiro atoms. The second-order valence-electron chi connectivity index (χ2n) is 6.57. The van der Waals surface area contributed by atoms with Crippen LogP contribution in [-0.2, 0) is 4.74 Å².